The van der Waals surface area contributed by atoms with Gasteiger partial charge in [-0.3, -0.25) is 4.57 Å². The second-order valence-corrected chi connectivity index (χ2v) is 5.21. The van der Waals surface area contributed by atoms with E-state index in [0.29, 0.717) is 15.7 Å². The van der Waals surface area contributed by atoms with Gasteiger partial charge in [-0.2, -0.15) is 0 Å². The lowest BCUT2D eigenvalue weighted by Gasteiger charge is -2.04. The first-order valence-corrected chi connectivity index (χ1v) is 6.36. The number of benzene rings is 1. The fraction of sp³-hybridized carbons (Fsp3) is 0.273. The van der Waals surface area contributed by atoms with Gasteiger partial charge in [0.05, 0.1) is 4.90 Å². The molecule has 0 spiro atoms. The van der Waals surface area contributed by atoms with Crippen LogP contribution in [0.3, 0.4) is 0 Å². The van der Waals surface area contributed by atoms with Gasteiger partial charge in [-0.1, -0.05) is 0 Å². The Hall–Kier alpha value is -1.76. The molecule has 18 heavy (non-hydrogen) atoms. The summed E-state index contributed by atoms with van der Waals surface area (Å²) in [6.07, 6.45) is 1.94. The number of anilines is 1. The Bertz CT molecular complexity index is 647. The number of aromatic nitrogens is 3. The number of nitrogens with one attached hydrogen (secondary N) is 1. The first kappa shape index (κ1) is 11.3. The lowest BCUT2D eigenvalue weighted by molar-refractivity contribution is 0.600. The standard InChI is InChI=1S/C11H11FN4OS/c12-8-5-6(13)1-4-9(8)18-11-15-14-10(17)16(11)7-2-3-7/h1,4-5,7H,2-3,13H2,(H,14,17). The van der Waals surface area contributed by atoms with Crippen LogP contribution in [0.2, 0.25) is 0 Å². The Kier molecular flexibility index (Phi) is 2.62. The Labute approximate surface area is 106 Å². The molecule has 7 heteroatoms. The Morgan fingerprint density at radius 1 is 1.50 bits per heavy atom. The molecular formula is C11H11FN4OS. The molecule has 0 amide bonds. The van der Waals surface area contributed by atoms with Crippen LogP contribution in [0, 0.1) is 5.82 Å². The van der Waals surface area contributed by atoms with Crippen LogP contribution in [-0.4, -0.2) is 14.8 Å². The summed E-state index contributed by atoms with van der Waals surface area (Å²) < 4.78 is 15.2. The van der Waals surface area contributed by atoms with Crippen molar-refractivity contribution in [1.29, 1.82) is 0 Å². The summed E-state index contributed by atoms with van der Waals surface area (Å²) in [5.74, 6) is -0.405. The zero-order valence-corrected chi connectivity index (χ0v) is 10.2. The summed E-state index contributed by atoms with van der Waals surface area (Å²) in [7, 11) is 0. The van der Waals surface area contributed by atoms with E-state index in [-0.39, 0.29) is 11.7 Å². The van der Waals surface area contributed by atoms with Gasteiger partial charge in [0, 0.05) is 11.7 Å². The molecule has 0 aliphatic heterocycles. The predicted molar refractivity (Wildman–Crippen MR) is 66.1 cm³/mol. The van der Waals surface area contributed by atoms with Gasteiger partial charge in [-0.05, 0) is 42.8 Å². The maximum Gasteiger partial charge on any atom is 0.344 e. The van der Waals surface area contributed by atoms with Crippen molar-refractivity contribution in [3.05, 3.63) is 34.5 Å². The van der Waals surface area contributed by atoms with Gasteiger partial charge >= 0.3 is 5.69 Å². The number of rotatable bonds is 3. The second-order valence-electron chi connectivity index (χ2n) is 4.20. The van der Waals surface area contributed by atoms with Crippen molar-refractivity contribution in [1.82, 2.24) is 14.8 Å². The molecule has 1 fully saturated rings. The molecule has 0 bridgehead atoms. The summed E-state index contributed by atoms with van der Waals surface area (Å²) in [5.41, 5.74) is 5.62. The summed E-state index contributed by atoms with van der Waals surface area (Å²) in [4.78, 5) is 12.0. The zero-order chi connectivity index (χ0) is 12.7. The van der Waals surface area contributed by atoms with Crippen molar-refractivity contribution >= 4 is 17.4 Å². The molecule has 2 aromatic rings. The molecule has 3 rings (SSSR count). The average molecular weight is 266 g/mol. The van der Waals surface area contributed by atoms with Gasteiger partial charge in [0.1, 0.15) is 5.82 Å². The van der Waals surface area contributed by atoms with Crippen LogP contribution < -0.4 is 11.4 Å². The van der Waals surface area contributed by atoms with E-state index in [1.54, 1.807) is 16.7 Å². The molecule has 1 saturated carbocycles. The molecule has 5 nitrogen and oxygen atoms in total. The lowest BCUT2D eigenvalue weighted by atomic mass is 10.3. The normalized spacial score (nSPS) is 14.9. The highest BCUT2D eigenvalue weighted by Gasteiger charge is 2.29. The quantitative estimate of drug-likeness (QED) is 0.830. The minimum atomic E-state index is -0.405. The zero-order valence-electron chi connectivity index (χ0n) is 9.39. The Morgan fingerprint density at radius 3 is 2.94 bits per heavy atom. The topological polar surface area (TPSA) is 76.7 Å². The molecule has 0 atom stereocenters. The molecule has 1 aromatic carbocycles. The largest absolute Gasteiger partial charge is 0.399 e. The van der Waals surface area contributed by atoms with Crippen molar-refractivity contribution in [2.24, 2.45) is 0 Å². The summed E-state index contributed by atoms with van der Waals surface area (Å²) in [5, 5.41) is 6.82. The van der Waals surface area contributed by atoms with Gasteiger partial charge in [0.2, 0.25) is 0 Å². The van der Waals surface area contributed by atoms with Crippen LogP contribution in [0.4, 0.5) is 10.1 Å². The third kappa shape index (κ3) is 2.01. The van der Waals surface area contributed by atoms with Crippen molar-refractivity contribution in [3.8, 4) is 0 Å². The van der Waals surface area contributed by atoms with Crippen molar-refractivity contribution in [2.45, 2.75) is 28.9 Å². The predicted octanol–water partition coefficient (Wildman–Crippen LogP) is 1.78. The summed E-state index contributed by atoms with van der Waals surface area (Å²) >= 11 is 1.13. The first-order chi connectivity index (χ1) is 8.65. The molecule has 1 aromatic heterocycles. The minimum Gasteiger partial charge on any atom is -0.399 e. The summed E-state index contributed by atoms with van der Waals surface area (Å²) in [6, 6.07) is 4.67. The highest BCUT2D eigenvalue weighted by Crippen LogP contribution is 2.38. The van der Waals surface area contributed by atoms with Crippen molar-refractivity contribution in [3.63, 3.8) is 0 Å². The van der Waals surface area contributed by atoms with Crippen LogP contribution in [-0.2, 0) is 0 Å². The van der Waals surface area contributed by atoms with Gasteiger partial charge in [-0.25, -0.2) is 14.3 Å². The smallest absolute Gasteiger partial charge is 0.344 e. The maximum atomic E-state index is 13.7. The van der Waals surface area contributed by atoms with E-state index in [0.717, 1.165) is 24.6 Å². The number of halogens is 1. The number of nitrogens with zero attached hydrogens (tertiary/aromatic N) is 2. The van der Waals surface area contributed by atoms with Gasteiger partial charge in [0.15, 0.2) is 5.16 Å². The molecule has 1 aliphatic carbocycles. The van der Waals surface area contributed by atoms with Crippen molar-refractivity contribution in [2.75, 3.05) is 5.73 Å². The number of nitrogen functional groups attached to an aromatic ring is 1. The molecule has 0 radical (unpaired) electrons. The highest BCUT2D eigenvalue weighted by atomic mass is 32.2. The van der Waals surface area contributed by atoms with Crippen molar-refractivity contribution < 1.29 is 4.39 Å². The monoisotopic (exact) mass is 266 g/mol. The van der Waals surface area contributed by atoms with Crippen LogP contribution >= 0.6 is 11.8 Å². The minimum absolute atomic E-state index is 0.204. The maximum absolute atomic E-state index is 13.7. The number of hydrogen-bond acceptors (Lipinski definition) is 4. The van der Waals surface area contributed by atoms with Crippen LogP contribution in [0.5, 0.6) is 0 Å². The third-order valence-electron chi connectivity index (χ3n) is 2.74. The molecule has 94 valence electrons. The van der Waals surface area contributed by atoms with Gasteiger partial charge < -0.3 is 5.73 Å². The molecular weight excluding hydrogens is 255 g/mol. The van der Waals surface area contributed by atoms with Gasteiger partial charge in [-0.15, -0.1) is 5.10 Å². The number of H-pyrrole nitrogens is 1. The molecule has 1 heterocycles. The fourth-order valence-electron chi connectivity index (χ4n) is 1.72. The first-order valence-electron chi connectivity index (χ1n) is 5.55. The van der Waals surface area contributed by atoms with E-state index < -0.39 is 5.82 Å². The van der Waals surface area contributed by atoms with E-state index in [2.05, 4.69) is 10.2 Å². The number of hydrogen-bond donors (Lipinski definition) is 2. The van der Waals surface area contributed by atoms with E-state index in [1.165, 1.54) is 6.07 Å². The SMILES string of the molecule is Nc1ccc(Sc2n[nH]c(=O)n2C2CC2)c(F)c1. The number of aromatic amines is 1. The van der Waals surface area contributed by atoms with E-state index in [9.17, 15) is 9.18 Å². The molecule has 0 unspecified atom stereocenters. The Morgan fingerprint density at radius 2 is 2.28 bits per heavy atom. The summed E-state index contributed by atoms with van der Waals surface area (Å²) in [6.45, 7) is 0. The highest BCUT2D eigenvalue weighted by molar-refractivity contribution is 7.99. The number of nitrogens with two attached hydrogens (primary N) is 1. The Balaban J connectivity index is 1.94. The molecule has 1 aliphatic rings. The lowest BCUT2D eigenvalue weighted by Crippen LogP contribution is -2.16. The van der Waals surface area contributed by atoms with E-state index in [1.807, 2.05) is 0 Å². The second kappa shape index (κ2) is 4.16. The average Bonchev–Trinajstić information content (AvgIpc) is 3.08. The molecule has 0 saturated heterocycles. The molecule has 3 N–H and O–H groups in total. The van der Waals surface area contributed by atoms with Gasteiger partial charge in [0.25, 0.3) is 0 Å². The van der Waals surface area contributed by atoms with E-state index in [4.69, 9.17) is 5.73 Å². The van der Waals surface area contributed by atoms with Crippen LogP contribution in [0.25, 0.3) is 0 Å². The van der Waals surface area contributed by atoms with E-state index >= 15 is 0 Å². The van der Waals surface area contributed by atoms with Crippen LogP contribution in [0.1, 0.15) is 18.9 Å². The fourth-order valence-corrected chi connectivity index (χ4v) is 2.63. The third-order valence-corrected chi connectivity index (χ3v) is 3.76. The van der Waals surface area contributed by atoms with Crippen LogP contribution in [0.15, 0.2) is 33.0 Å².